The number of methoxy groups -OCH3 is 1. The van der Waals surface area contributed by atoms with Gasteiger partial charge in [-0.2, -0.15) is 0 Å². The van der Waals surface area contributed by atoms with Crippen LogP contribution in [-0.2, 0) is 4.74 Å². The van der Waals surface area contributed by atoms with E-state index in [-0.39, 0.29) is 19.1 Å². The molecule has 0 spiro atoms. The van der Waals surface area contributed by atoms with Crippen LogP contribution in [0.5, 0.6) is 0 Å². The lowest BCUT2D eigenvalue weighted by molar-refractivity contribution is 0.0380. The van der Waals surface area contributed by atoms with Crippen LogP contribution in [-0.4, -0.2) is 49.3 Å². The van der Waals surface area contributed by atoms with Crippen LogP contribution in [0.1, 0.15) is 10.4 Å². The number of amides is 1. The number of aliphatic hydroxyl groups excluding tert-OH is 1. The van der Waals surface area contributed by atoms with Crippen LogP contribution in [0.4, 0.5) is 0 Å². The van der Waals surface area contributed by atoms with Crippen molar-refractivity contribution in [2.24, 2.45) is 0 Å². The molecule has 17 heavy (non-hydrogen) atoms. The highest BCUT2D eigenvalue weighted by Crippen LogP contribution is 2.09. The number of hydrogen-bond acceptors (Lipinski definition) is 3. The summed E-state index contributed by atoms with van der Waals surface area (Å²) in [5.74, 6) is -0.100. The van der Waals surface area contributed by atoms with E-state index in [9.17, 15) is 9.90 Å². The van der Waals surface area contributed by atoms with Gasteiger partial charge >= 0.3 is 0 Å². The molecule has 1 aromatic rings. The number of nitrogens with zero attached hydrogens (tertiary/aromatic N) is 1. The summed E-state index contributed by atoms with van der Waals surface area (Å²) >= 11 is 2.19. The summed E-state index contributed by atoms with van der Waals surface area (Å²) in [5.41, 5.74) is 0.623. The summed E-state index contributed by atoms with van der Waals surface area (Å²) in [6.45, 7) is 0.489. The minimum absolute atomic E-state index is 0.100. The van der Waals surface area contributed by atoms with Crippen LogP contribution in [0, 0.1) is 3.57 Å². The molecule has 0 aromatic heterocycles. The third kappa shape index (κ3) is 4.61. The number of benzene rings is 1. The Morgan fingerprint density at radius 2 is 2.06 bits per heavy atom. The highest BCUT2D eigenvalue weighted by molar-refractivity contribution is 14.1. The second kappa shape index (κ2) is 6.93. The van der Waals surface area contributed by atoms with Crippen LogP contribution < -0.4 is 0 Å². The number of carbonyl (C=O) groups excluding carboxylic acids is 1. The zero-order valence-corrected chi connectivity index (χ0v) is 12.0. The van der Waals surface area contributed by atoms with Crippen LogP contribution in [0.2, 0.25) is 0 Å². The fourth-order valence-corrected chi connectivity index (χ4v) is 1.82. The average molecular weight is 349 g/mol. The van der Waals surface area contributed by atoms with Gasteiger partial charge in [0.25, 0.3) is 5.91 Å². The van der Waals surface area contributed by atoms with E-state index in [1.165, 1.54) is 12.0 Å². The topological polar surface area (TPSA) is 49.8 Å². The van der Waals surface area contributed by atoms with Crippen LogP contribution in [0.25, 0.3) is 0 Å². The Labute approximate surface area is 115 Å². The van der Waals surface area contributed by atoms with Gasteiger partial charge in [-0.25, -0.2) is 0 Å². The van der Waals surface area contributed by atoms with E-state index in [1.54, 1.807) is 19.2 Å². The molecule has 0 saturated heterocycles. The lowest BCUT2D eigenvalue weighted by atomic mass is 10.2. The number of ether oxygens (including phenoxy) is 1. The van der Waals surface area contributed by atoms with Crippen molar-refractivity contribution in [1.82, 2.24) is 4.90 Å². The first-order valence-electron chi connectivity index (χ1n) is 5.22. The first-order chi connectivity index (χ1) is 8.04. The first kappa shape index (κ1) is 14.4. The monoisotopic (exact) mass is 349 g/mol. The van der Waals surface area contributed by atoms with Crippen molar-refractivity contribution in [2.75, 3.05) is 27.3 Å². The lowest BCUT2D eigenvalue weighted by Gasteiger charge is -2.20. The second-order valence-corrected chi connectivity index (χ2v) is 5.05. The molecule has 0 heterocycles. The molecule has 1 unspecified atom stereocenters. The zero-order chi connectivity index (χ0) is 12.8. The maximum Gasteiger partial charge on any atom is 0.253 e. The normalized spacial score (nSPS) is 12.2. The molecule has 0 bridgehead atoms. The van der Waals surface area contributed by atoms with Gasteiger partial charge in [0.1, 0.15) is 0 Å². The molecule has 1 amide bonds. The molecule has 5 heteroatoms. The maximum atomic E-state index is 12.0. The van der Waals surface area contributed by atoms with Crippen LogP contribution in [0.3, 0.4) is 0 Å². The molecule has 94 valence electrons. The molecule has 4 nitrogen and oxygen atoms in total. The molecule has 0 saturated carbocycles. The Kier molecular flexibility index (Phi) is 5.87. The van der Waals surface area contributed by atoms with Gasteiger partial charge in [0.15, 0.2) is 0 Å². The molecule has 0 aliphatic carbocycles. The van der Waals surface area contributed by atoms with Gasteiger partial charge in [-0.15, -0.1) is 0 Å². The Balaban J connectivity index is 2.60. The van der Waals surface area contributed by atoms with E-state index >= 15 is 0 Å². The standard InChI is InChI=1S/C12H16INO3/c1-14(7-11(15)8-17-2)12(16)9-3-5-10(13)6-4-9/h3-6,11,15H,7-8H2,1-2H3. The molecule has 1 aromatic carbocycles. The number of aliphatic hydroxyl groups is 1. The van der Waals surface area contributed by atoms with Crippen molar-refractivity contribution in [1.29, 1.82) is 0 Å². The third-order valence-electron chi connectivity index (χ3n) is 2.28. The second-order valence-electron chi connectivity index (χ2n) is 3.80. The molecule has 0 radical (unpaired) electrons. The average Bonchev–Trinajstić information content (AvgIpc) is 2.29. The molecule has 0 aliphatic rings. The Hall–Kier alpha value is -0.660. The fraction of sp³-hybridized carbons (Fsp3) is 0.417. The van der Waals surface area contributed by atoms with Crippen molar-refractivity contribution >= 4 is 28.5 Å². The van der Waals surface area contributed by atoms with Gasteiger partial charge in [-0.05, 0) is 46.9 Å². The summed E-state index contributed by atoms with van der Waals surface area (Å²) in [7, 11) is 3.18. The predicted molar refractivity (Wildman–Crippen MR) is 74.0 cm³/mol. The highest BCUT2D eigenvalue weighted by Gasteiger charge is 2.15. The van der Waals surface area contributed by atoms with Gasteiger partial charge in [0, 0.05) is 29.8 Å². The molecule has 1 N–H and O–H groups in total. The van der Waals surface area contributed by atoms with E-state index in [4.69, 9.17) is 4.74 Å². The SMILES string of the molecule is COCC(O)CN(C)C(=O)c1ccc(I)cc1. The summed E-state index contributed by atoms with van der Waals surface area (Å²) in [5, 5.41) is 9.54. The molecular weight excluding hydrogens is 333 g/mol. The number of hydrogen-bond donors (Lipinski definition) is 1. The Morgan fingerprint density at radius 3 is 2.59 bits per heavy atom. The molecule has 0 aliphatic heterocycles. The zero-order valence-electron chi connectivity index (χ0n) is 9.89. The fourth-order valence-electron chi connectivity index (χ4n) is 1.46. The van der Waals surface area contributed by atoms with E-state index in [0.717, 1.165) is 3.57 Å². The predicted octanol–water partition coefficient (Wildman–Crippen LogP) is 1.37. The third-order valence-corrected chi connectivity index (χ3v) is 3.00. The van der Waals surface area contributed by atoms with Crippen molar-refractivity contribution in [3.63, 3.8) is 0 Å². The maximum absolute atomic E-state index is 12.0. The molecule has 1 atom stereocenters. The number of rotatable bonds is 5. The smallest absolute Gasteiger partial charge is 0.253 e. The number of likely N-dealkylation sites (N-methyl/N-ethyl adjacent to an activating group) is 1. The Morgan fingerprint density at radius 1 is 1.47 bits per heavy atom. The summed E-state index contributed by atoms with van der Waals surface area (Å²) in [6.07, 6.45) is -0.655. The van der Waals surface area contributed by atoms with Crippen molar-refractivity contribution in [3.05, 3.63) is 33.4 Å². The molecular formula is C12H16INO3. The highest BCUT2D eigenvalue weighted by atomic mass is 127. The van der Waals surface area contributed by atoms with Gasteiger partial charge < -0.3 is 14.7 Å². The number of halogens is 1. The Bertz CT molecular complexity index is 367. The first-order valence-corrected chi connectivity index (χ1v) is 6.30. The van der Waals surface area contributed by atoms with Gasteiger partial charge in [-0.3, -0.25) is 4.79 Å². The van der Waals surface area contributed by atoms with Crippen molar-refractivity contribution < 1.29 is 14.6 Å². The van der Waals surface area contributed by atoms with E-state index < -0.39 is 6.10 Å². The van der Waals surface area contributed by atoms with Crippen LogP contribution in [0.15, 0.2) is 24.3 Å². The van der Waals surface area contributed by atoms with Gasteiger partial charge in [0.2, 0.25) is 0 Å². The minimum Gasteiger partial charge on any atom is -0.389 e. The quantitative estimate of drug-likeness (QED) is 0.817. The minimum atomic E-state index is -0.655. The molecule has 1 rings (SSSR count). The van der Waals surface area contributed by atoms with Gasteiger partial charge in [-0.1, -0.05) is 0 Å². The summed E-state index contributed by atoms with van der Waals surface area (Å²) in [6, 6.07) is 7.33. The molecule has 0 fully saturated rings. The van der Waals surface area contributed by atoms with E-state index in [1.807, 2.05) is 12.1 Å². The number of carbonyl (C=O) groups is 1. The van der Waals surface area contributed by atoms with E-state index in [0.29, 0.717) is 5.56 Å². The van der Waals surface area contributed by atoms with Gasteiger partial charge in [0.05, 0.1) is 12.7 Å². The summed E-state index contributed by atoms with van der Waals surface area (Å²) in [4.78, 5) is 13.5. The van der Waals surface area contributed by atoms with Crippen LogP contribution >= 0.6 is 22.6 Å². The van der Waals surface area contributed by atoms with Crippen molar-refractivity contribution in [3.8, 4) is 0 Å². The summed E-state index contributed by atoms with van der Waals surface area (Å²) < 4.78 is 5.90. The lowest BCUT2D eigenvalue weighted by Crippen LogP contribution is -2.36. The van der Waals surface area contributed by atoms with E-state index in [2.05, 4.69) is 22.6 Å². The van der Waals surface area contributed by atoms with Crippen molar-refractivity contribution in [2.45, 2.75) is 6.10 Å². The largest absolute Gasteiger partial charge is 0.389 e.